The fourth-order valence-electron chi connectivity index (χ4n) is 1.99. The smallest absolute Gasteiger partial charge is 0.344 e. The lowest BCUT2D eigenvalue weighted by atomic mass is 10.1. The van der Waals surface area contributed by atoms with Crippen LogP contribution in [0.5, 0.6) is 5.75 Å². The first-order valence-electron chi connectivity index (χ1n) is 7.78. The third-order valence-corrected chi connectivity index (χ3v) is 4.79. The van der Waals surface area contributed by atoms with Crippen molar-refractivity contribution in [3.05, 3.63) is 59.9 Å². The molecule has 0 bridgehead atoms. The van der Waals surface area contributed by atoms with Crippen LogP contribution >= 0.6 is 0 Å². The van der Waals surface area contributed by atoms with Crippen LogP contribution < -0.4 is 9.04 Å². The highest BCUT2D eigenvalue weighted by molar-refractivity contribution is 7.92. The summed E-state index contributed by atoms with van der Waals surface area (Å²) in [7, 11) is -2.00. The van der Waals surface area contributed by atoms with Crippen molar-refractivity contribution in [2.45, 2.75) is 0 Å². The molecule has 0 aliphatic heterocycles. The summed E-state index contributed by atoms with van der Waals surface area (Å²) in [6, 6.07) is 11.0. The molecule has 0 saturated carbocycles. The Labute approximate surface area is 156 Å². The zero-order valence-corrected chi connectivity index (χ0v) is 15.5. The van der Waals surface area contributed by atoms with E-state index in [4.69, 9.17) is 9.47 Å². The van der Waals surface area contributed by atoms with Gasteiger partial charge in [0.25, 0.3) is 0 Å². The molecule has 0 aliphatic rings. The second-order valence-corrected chi connectivity index (χ2v) is 7.62. The van der Waals surface area contributed by atoms with E-state index >= 15 is 0 Å². The van der Waals surface area contributed by atoms with E-state index < -0.39 is 40.8 Å². The molecule has 144 valence electrons. The molecule has 2 aromatic carbocycles. The van der Waals surface area contributed by atoms with Crippen molar-refractivity contribution in [1.82, 2.24) is 0 Å². The first-order chi connectivity index (χ1) is 12.7. The Morgan fingerprint density at radius 3 is 2.15 bits per heavy atom. The van der Waals surface area contributed by atoms with E-state index in [-0.39, 0.29) is 5.56 Å². The van der Waals surface area contributed by atoms with Crippen LogP contribution in [0.2, 0.25) is 0 Å². The van der Waals surface area contributed by atoms with Gasteiger partial charge in [0.2, 0.25) is 10.0 Å². The number of rotatable bonds is 8. The Balaban J connectivity index is 1.84. The Hall–Kier alpha value is -2.94. The molecule has 0 atom stereocenters. The zero-order chi connectivity index (χ0) is 20.0. The summed E-state index contributed by atoms with van der Waals surface area (Å²) >= 11 is 0. The number of ether oxygens (including phenoxy) is 2. The van der Waals surface area contributed by atoms with Gasteiger partial charge in [-0.1, -0.05) is 0 Å². The van der Waals surface area contributed by atoms with Crippen LogP contribution in [0.4, 0.5) is 10.1 Å². The molecule has 0 amide bonds. The SMILES string of the molecule is CN(c1ccc(C(=O)COC(=O)COc2ccc(F)cc2)cc1)S(C)(=O)=O. The van der Waals surface area contributed by atoms with Crippen LogP contribution in [0.25, 0.3) is 0 Å². The molecule has 0 fully saturated rings. The average molecular weight is 395 g/mol. The Kier molecular flexibility index (Phi) is 6.51. The van der Waals surface area contributed by atoms with Crippen molar-refractivity contribution >= 4 is 27.5 Å². The lowest BCUT2D eigenvalue weighted by molar-refractivity contribution is -0.144. The minimum absolute atomic E-state index is 0.271. The standard InChI is InChI=1S/C18H18FNO6S/c1-20(27(2,23)24)15-7-3-13(4-8-15)17(21)11-26-18(22)12-25-16-9-5-14(19)6-10-16/h3-10H,11-12H2,1-2H3. The summed E-state index contributed by atoms with van der Waals surface area (Å²) in [5, 5.41) is 0. The van der Waals surface area contributed by atoms with Crippen molar-refractivity contribution in [1.29, 1.82) is 0 Å². The van der Waals surface area contributed by atoms with E-state index in [1.54, 1.807) is 0 Å². The second-order valence-electron chi connectivity index (χ2n) is 5.60. The molecule has 9 heteroatoms. The van der Waals surface area contributed by atoms with E-state index in [2.05, 4.69) is 0 Å². The maximum absolute atomic E-state index is 12.8. The van der Waals surface area contributed by atoms with Crippen molar-refractivity contribution in [3.63, 3.8) is 0 Å². The molecule has 0 spiro atoms. The largest absolute Gasteiger partial charge is 0.482 e. The van der Waals surface area contributed by atoms with Crippen molar-refractivity contribution in [2.75, 3.05) is 30.8 Å². The number of halogens is 1. The fourth-order valence-corrected chi connectivity index (χ4v) is 2.50. The topological polar surface area (TPSA) is 90.0 Å². The number of anilines is 1. The molecule has 0 saturated heterocycles. The third kappa shape index (κ3) is 6.07. The second kappa shape index (κ2) is 8.63. The first kappa shape index (κ1) is 20.4. The van der Waals surface area contributed by atoms with Gasteiger partial charge in [0, 0.05) is 12.6 Å². The minimum Gasteiger partial charge on any atom is -0.482 e. The number of ketones is 1. The van der Waals surface area contributed by atoms with Crippen LogP contribution in [0, 0.1) is 5.82 Å². The molecule has 0 unspecified atom stereocenters. The molecule has 7 nitrogen and oxygen atoms in total. The summed E-state index contributed by atoms with van der Waals surface area (Å²) in [5.74, 6) is -1.32. The van der Waals surface area contributed by atoms with Crippen molar-refractivity contribution in [2.24, 2.45) is 0 Å². The average Bonchev–Trinajstić information content (AvgIpc) is 2.64. The third-order valence-electron chi connectivity index (χ3n) is 3.58. The summed E-state index contributed by atoms with van der Waals surface area (Å²) in [4.78, 5) is 23.7. The number of sulfonamides is 1. The number of carbonyl (C=O) groups excluding carboxylic acids is 2. The van der Waals surface area contributed by atoms with Crippen molar-refractivity contribution in [3.8, 4) is 5.75 Å². The predicted molar refractivity (Wildman–Crippen MR) is 96.9 cm³/mol. The van der Waals surface area contributed by atoms with Gasteiger partial charge in [-0.15, -0.1) is 0 Å². The monoisotopic (exact) mass is 395 g/mol. The Morgan fingerprint density at radius 1 is 1.00 bits per heavy atom. The van der Waals surface area contributed by atoms with Gasteiger partial charge >= 0.3 is 5.97 Å². The van der Waals surface area contributed by atoms with Gasteiger partial charge in [-0.2, -0.15) is 0 Å². The molecule has 2 rings (SSSR count). The highest BCUT2D eigenvalue weighted by Gasteiger charge is 2.14. The summed E-state index contributed by atoms with van der Waals surface area (Å²) in [6.07, 6.45) is 1.07. The lowest BCUT2D eigenvalue weighted by Crippen LogP contribution is -2.24. The van der Waals surface area contributed by atoms with Crippen LogP contribution in [-0.2, 0) is 19.6 Å². The van der Waals surface area contributed by atoms with Gasteiger partial charge in [-0.25, -0.2) is 17.6 Å². The number of carbonyl (C=O) groups is 2. The molecule has 0 aliphatic carbocycles. The van der Waals surface area contributed by atoms with E-state index in [9.17, 15) is 22.4 Å². The minimum atomic E-state index is -3.40. The fraction of sp³-hybridized carbons (Fsp3) is 0.222. The number of nitrogens with zero attached hydrogens (tertiary/aromatic N) is 1. The summed E-state index contributed by atoms with van der Waals surface area (Å²) < 4.78 is 46.8. The maximum atomic E-state index is 12.8. The molecule has 0 radical (unpaired) electrons. The summed E-state index contributed by atoms with van der Waals surface area (Å²) in [6.45, 7) is -0.899. The van der Waals surface area contributed by atoms with Gasteiger partial charge in [0.1, 0.15) is 11.6 Å². The number of hydrogen-bond acceptors (Lipinski definition) is 6. The molecule has 0 N–H and O–H groups in total. The highest BCUT2D eigenvalue weighted by Crippen LogP contribution is 2.16. The number of esters is 1. The van der Waals surface area contributed by atoms with Crippen LogP contribution in [0.15, 0.2) is 48.5 Å². The number of benzene rings is 2. The number of Topliss-reactive ketones (excluding diaryl/α,β-unsaturated/α-hetero) is 1. The van der Waals surface area contributed by atoms with E-state index in [1.165, 1.54) is 55.6 Å². The van der Waals surface area contributed by atoms with E-state index in [0.29, 0.717) is 11.4 Å². The van der Waals surface area contributed by atoms with Crippen LogP contribution in [0.1, 0.15) is 10.4 Å². The molecule has 2 aromatic rings. The van der Waals surface area contributed by atoms with Gasteiger partial charge in [0.05, 0.1) is 11.9 Å². The van der Waals surface area contributed by atoms with E-state index in [1.807, 2.05) is 0 Å². The van der Waals surface area contributed by atoms with E-state index in [0.717, 1.165) is 10.6 Å². The molecular weight excluding hydrogens is 377 g/mol. The Morgan fingerprint density at radius 2 is 1.59 bits per heavy atom. The zero-order valence-electron chi connectivity index (χ0n) is 14.7. The molecule has 0 heterocycles. The molecule has 27 heavy (non-hydrogen) atoms. The highest BCUT2D eigenvalue weighted by atomic mass is 32.2. The molecule has 0 aromatic heterocycles. The normalized spacial score (nSPS) is 10.9. The predicted octanol–water partition coefficient (Wildman–Crippen LogP) is 2.03. The van der Waals surface area contributed by atoms with Gasteiger partial charge in [-0.3, -0.25) is 9.10 Å². The summed E-state index contributed by atoms with van der Waals surface area (Å²) in [5.41, 5.74) is 0.673. The Bertz CT molecular complexity index is 910. The maximum Gasteiger partial charge on any atom is 0.344 e. The first-order valence-corrected chi connectivity index (χ1v) is 9.63. The van der Waals surface area contributed by atoms with Gasteiger partial charge in [0.15, 0.2) is 19.0 Å². The quantitative estimate of drug-likeness (QED) is 0.502. The van der Waals surface area contributed by atoms with Gasteiger partial charge in [-0.05, 0) is 48.5 Å². The lowest BCUT2D eigenvalue weighted by Gasteiger charge is -2.16. The van der Waals surface area contributed by atoms with Crippen LogP contribution in [0.3, 0.4) is 0 Å². The van der Waals surface area contributed by atoms with Gasteiger partial charge < -0.3 is 9.47 Å². The van der Waals surface area contributed by atoms with Crippen LogP contribution in [-0.4, -0.2) is 46.7 Å². The number of hydrogen-bond donors (Lipinski definition) is 0. The van der Waals surface area contributed by atoms with Crippen molar-refractivity contribution < 1.29 is 31.9 Å². The molecular formula is C18H18FNO6S.